The number of benzene rings is 3. The molecule has 3 heterocycles. The fourth-order valence-corrected chi connectivity index (χ4v) is 7.87. The van der Waals surface area contributed by atoms with Gasteiger partial charge in [0.2, 0.25) is 11.8 Å². The van der Waals surface area contributed by atoms with Crippen LogP contribution in [0.3, 0.4) is 0 Å². The quantitative estimate of drug-likeness (QED) is 0.414. The Morgan fingerprint density at radius 2 is 1.67 bits per heavy atom. The van der Waals surface area contributed by atoms with Gasteiger partial charge in [-0.1, -0.05) is 36.4 Å². The van der Waals surface area contributed by atoms with Crippen molar-refractivity contribution in [1.29, 1.82) is 0 Å². The van der Waals surface area contributed by atoms with Gasteiger partial charge in [0.25, 0.3) is 0 Å². The monoisotopic (exact) mass is 540 g/mol. The van der Waals surface area contributed by atoms with Gasteiger partial charge in [0.1, 0.15) is 6.54 Å². The first-order chi connectivity index (χ1) is 18.9. The van der Waals surface area contributed by atoms with Crippen LogP contribution >= 0.6 is 0 Å². The summed E-state index contributed by atoms with van der Waals surface area (Å²) in [5, 5.41) is 6.00. The van der Waals surface area contributed by atoms with Gasteiger partial charge in [0.15, 0.2) is 0 Å². The molecule has 1 saturated heterocycles. The minimum Gasteiger partial charge on any atom is -0.325 e. The lowest BCUT2D eigenvalue weighted by Crippen LogP contribution is -2.35. The van der Waals surface area contributed by atoms with Crippen molar-refractivity contribution >= 4 is 45.0 Å². The molecule has 0 bridgehead atoms. The summed E-state index contributed by atoms with van der Waals surface area (Å²) in [6.45, 7) is -0.109. The maximum absolute atomic E-state index is 13.5. The van der Waals surface area contributed by atoms with E-state index in [1.807, 2.05) is 66.7 Å². The molecule has 1 aliphatic carbocycles. The predicted molar refractivity (Wildman–Crippen MR) is 152 cm³/mol. The summed E-state index contributed by atoms with van der Waals surface area (Å²) in [4.78, 5) is 39.7. The highest BCUT2D eigenvalue weighted by Crippen LogP contribution is 2.47. The molecule has 1 spiro atoms. The van der Waals surface area contributed by atoms with Crippen LogP contribution in [-0.4, -0.2) is 36.7 Å². The average molecular weight is 541 g/mol. The first-order valence-electron chi connectivity index (χ1n) is 13.3. The average Bonchev–Trinajstić information content (AvgIpc) is 3.54. The number of carbonyl (C=O) groups is 2. The van der Waals surface area contributed by atoms with Gasteiger partial charge >= 0.3 is 5.69 Å². The highest BCUT2D eigenvalue weighted by molar-refractivity contribution is 7.85. The zero-order chi connectivity index (χ0) is 26.7. The van der Waals surface area contributed by atoms with Crippen LogP contribution in [0.4, 0.5) is 11.4 Å². The van der Waals surface area contributed by atoms with E-state index in [1.165, 1.54) is 4.57 Å². The van der Waals surface area contributed by atoms with Crippen LogP contribution in [0.5, 0.6) is 0 Å². The summed E-state index contributed by atoms with van der Waals surface area (Å²) in [6.07, 6.45) is 2.58. The van der Waals surface area contributed by atoms with Crippen LogP contribution in [0.25, 0.3) is 11.0 Å². The second kappa shape index (κ2) is 9.05. The molecule has 3 aromatic carbocycles. The van der Waals surface area contributed by atoms with Crippen LogP contribution in [0.15, 0.2) is 71.5 Å². The Balaban J connectivity index is 1.13. The zero-order valence-electron chi connectivity index (χ0n) is 21.3. The lowest BCUT2D eigenvalue weighted by molar-refractivity contribution is -0.120. The van der Waals surface area contributed by atoms with E-state index < -0.39 is 16.2 Å². The summed E-state index contributed by atoms with van der Waals surface area (Å²) in [5.41, 5.74) is 5.38. The van der Waals surface area contributed by atoms with E-state index in [1.54, 1.807) is 4.57 Å². The van der Waals surface area contributed by atoms with Crippen LogP contribution in [-0.2, 0) is 45.2 Å². The number of aromatic nitrogens is 2. The fourth-order valence-electron chi connectivity index (χ4n) is 6.60. The largest absolute Gasteiger partial charge is 0.329 e. The van der Waals surface area contributed by atoms with Gasteiger partial charge < -0.3 is 10.6 Å². The number of hydrogen-bond acceptors (Lipinski definition) is 4. The lowest BCUT2D eigenvalue weighted by Gasteiger charge is -2.22. The number of carbonyl (C=O) groups excluding carboxylic acids is 2. The molecule has 8 nitrogen and oxygen atoms in total. The molecule has 1 fully saturated rings. The van der Waals surface area contributed by atoms with Crippen molar-refractivity contribution in [2.75, 3.05) is 22.1 Å². The number of fused-ring (bicyclic) bond motifs is 4. The Morgan fingerprint density at radius 3 is 2.49 bits per heavy atom. The predicted octanol–water partition coefficient (Wildman–Crippen LogP) is 3.51. The molecule has 1 atom stereocenters. The number of hydrogen-bond donors (Lipinski definition) is 2. The van der Waals surface area contributed by atoms with Crippen molar-refractivity contribution in [3.05, 3.63) is 93.9 Å². The molecule has 2 N–H and O–H groups in total. The van der Waals surface area contributed by atoms with Crippen molar-refractivity contribution < 1.29 is 13.8 Å². The Labute approximate surface area is 227 Å². The molecule has 7 rings (SSSR count). The first-order valence-corrected chi connectivity index (χ1v) is 14.8. The van der Waals surface area contributed by atoms with Gasteiger partial charge in [-0.25, -0.2) is 4.79 Å². The smallest absolute Gasteiger partial charge is 0.325 e. The SMILES string of the molecule is O=C(Cn1c(=O)n(C2CCS(=O)CC2)c2ccccc21)Nc1ccc2c(c1)CC1(C2)C(=O)Nc2ccccc21. The maximum atomic E-state index is 13.5. The van der Waals surface area contributed by atoms with Gasteiger partial charge in [-0.2, -0.15) is 0 Å². The zero-order valence-corrected chi connectivity index (χ0v) is 22.1. The number of nitrogens with zero attached hydrogens (tertiary/aromatic N) is 2. The van der Waals surface area contributed by atoms with E-state index in [4.69, 9.17) is 0 Å². The van der Waals surface area contributed by atoms with Gasteiger partial charge in [-0.15, -0.1) is 0 Å². The first kappa shape index (κ1) is 24.1. The summed E-state index contributed by atoms with van der Waals surface area (Å²) < 4.78 is 15.2. The Kier molecular flexibility index (Phi) is 5.59. The Morgan fingerprint density at radius 1 is 0.949 bits per heavy atom. The van der Waals surface area contributed by atoms with Crippen molar-refractivity contribution in [3.63, 3.8) is 0 Å². The summed E-state index contributed by atoms with van der Waals surface area (Å²) in [7, 11) is -0.824. The lowest BCUT2D eigenvalue weighted by atomic mass is 9.79. The van der Waals surface area contributed by atoms with Crippen LogP contribution in [0.1, 0.15) is 35.6 Å². The molecule has 2 amide bonds. The molecule has 1 unspecified atom stereocenters. The number of amides is 2. The van der Waals surface area contributed by atoms with E-state index in [0.29, 0.717) is 48.4 Å². The third-order valence-corrected chi connectivity index (χ3v) is 9.88. The van der Waals surface area contributed by atoms with Gasteiger partial charge in [-0.05, 0) is 72.7 Å². The molecule has 4 aromatic rings. The highest BCUT2D eigenvalue weighted by atomic mass is 32.2. The van der Waals surface area contributed by atoms with E-state index in [2.05, 4.69) is 10.6 Å². The van der Waals surface area contributed by atoms with Crippen molar-refractivity contribution in [2.24, 2.45) is 0 Å². The van der Waals surface area contributed by atoms with Crippen LogP contribution in [0.2, 0.25) is 0 Å². The van der Waals surface area contributed by atoms with Crippen molar-refractivity contribution in [1.82, 2.24) is 9.13 Å². The van der Waals surface area contributed by atoms with E-state index in [9.17, 15) is 18.6 Å². The standard InChI is InChI=1S/C30H28N4O4S/c35-27(18-33-25-7-3-4-8-26(25)34(29(33)37)22-11-13-39(38)14-12-22)31-21-10-9-19-16-30(17-20(19)15-21)23-5-1-2-6-24(23)32-28(30)36/h1-10,15,22H,11-14,16-18H2,(H,31,35)(H,32,36). The molecule has 39 heavy (non-hydrogen) atoms. The summed E-state index contributed by atoms with van der Waals surface area (Å²) in [6, 6.07) is 21.1. The third kappa shape index (κ3) is 3.86. The van der Waals surface area contributed by atoms with Crippen molar-refractivity contribution in [3.8, 4) is 0 Å². The normalized spacial score (nSPS) is 23.5. The Bertz CT molecular complexity index is 1750. The molecule has 1 aromatic heterocycles. The molecule has 0 saturated carbocycles. The highest BCUT2D eigenvalue weighted by Gasteiger charge is 2.50. The minimum atomic E-state index is -0.824. The van der Waals surface area contributed by atoms with Crippen LogP contribution < -0.4 is 16.3 Å². The molecule has 0 radical (unpaired) electrons. The molecule has 198 valence electrons. The number of nitrogens with one attached hydrogen (secondary N) is 2. The molecule has 2 aliphatic heterocycles. The molecule has 3 aliphatic rings. The topological polar surface area (TPSA) is 102 Å². The van der Waals surface area contributed by atoms with Gasteiger partial charge in [-0.3, -0.25) is 22.9 Å². The number of imidazole rings is 1. The molecule has 9 heteroatoms. The van der Waals surface area contributed by atoms with Crippen molar-refractivity contribution in [2.45, 2.75) is 43.7 Å². The van der Waals surface area contributed by atoms with Gasteiger partial charge in [0, 0.05) is 39.7 Å². The second-order valence-corrected chi connectivity index (χ2v) is 12.5. The molecular weight excluding hydrogens is 512 g/mol. The number of para-hydroxylation sites is 3. The number of anilines is 2. The maximum Gasteiger partial charge on any atom is 0.329 e. The van der Waals surface area contributed by atoms with Gasteiger partial charge in [0.05, 0.1) is 16.4 Å². The van der Waals surface area contributed by atoms with Crippen LogP contribution in [0, 0.1) is 0 Å². The van der Waals surface area contributed by atoms with E-state index >= 15 is 0 Å². The van der Waals surface area contributed by atoms with E-state index in [0.717, 1.165) is 27.9 Å². The summed E-state index contributed by atoms with van der Waals surface area (Å²) >= 11 is 0. The third-order valence-electron chi connectivity index (χ3n) is 8.49. The van der Waals surface area contributed by atoms with E-state index in [-0.39, 0.29) is 30.1 Å². The fraction of sp³-hybridized carbons (Fsp3) is 0.300. The summed E-state index contributed by atoms with van der Waals surface area (Å²) in [5.74, 6) is 0.903. The molecular formula is C30H28N4O4S. The number of rotatable bonds is 4. The second-order valence-electron chi connectivity index (χ2n) is 10.8. The minimum absolute atomic E-state index is 0.0189. The Hall–Kier alpha value is -3.98.